The Balaban J connectivity index is 1.81. The van der Waals surface area contributed by atoms with E-state index < -0.39 is 0 Å². The number of benzene rings is 1. The van der Waals surface area contributed by atoms with Gasteiger partial charge in [-0.05, 0) is 49.5 Å². The van der Waals surface area contributed by atoms with Crippen molar-refractivity contribution >= 4 is 16.3 Å². The van der Waals surface area contributed by atoms with Crippen LogP contribution >= 0.6 is 11.3 Å². The fourth-order valence-corrected chi connectivity index (χ4v) is 4.80. The maximum atomic E-state index is 10.8. The quantitative estimate of drug-likeness (QED) is 0.723. The molecule has 7 nitrogen and oxygen atoms in total. The van der Waals surface area contributed by atoms with E-state index in [2.05, 4.69) is 21.9 Å². The highest BCUT2D eigenvalue weighted by Crippen LogP contribution is 2.43. The van der Waals surface area contributed by atoms with Crippen LogP contribution in [0.15, 0.2) is 24.5 Å². The minimum Gasteiger partial charge on any atom is -0.493 e. The van der Waals surface area contributed by atoms with Crippen LogP contribution in [-0.4, -0.2) is 51.9 Å². The molecule has 2 aromatic heterocycles. The third-order valence-corrected chi connectivity index (χ3v) is 6.38. The Kier molecular flexibility index (Phi) is 4.92. The second-order valence-electron chi connectivity index (χ2n) is 6.98. The summed E-state index contributed by atoms with van der Waals surface area (Å²) in [4.78, 5) is 8.21. The number of aromatic hydroxyl groups is 1. The summed E-state index contributed by atoms with van der Waals surface area (Å²) in [6.45, 7) is 4.25. The lowest BCUT2D eigenvalue weighted by molar-refractivity contribution is 0.157. The van der Waals surface area contributed by atoms with E-state index in [9.17, 15) is 5.11 Å². The van der Waals surface area contributed by atoms with E-state index in [0.29, 0.717) is 16.5 Å². The fourth-order valence-electron chi connectivity index (χ4n) is 3.71. The first-order valence-corrected chi connectivity index (χ1v) is 9.91. The Hall–Kier alpha value is -2.32. The van der Waals surface area contributed by atoms with E-state index in [1.54, 1.807) is 14.2 Å². The Morgan fingerprint density at radius 1 is 1.19 bits per heavy atom. The van der Waals surface area contributed by atoms with E-state index >= 15 is 0 Å². The van der Waals surface area contributed by atoms with Gasteiger partial charge in [-0.3, -0.25) is 4.90 Å². The summed E-state index contributed by atoms with van der Waals surface area (Å²) in [5, 5.41) is 14.9. The summed E-state index contributed by atoms with van der Waals surface area (Å²) in [6, 6.07) is 5.88. The first-order valence-electron chi connectivity index (χ1n) is 9.09. The number of ether oxygens (including phenoxy) is 2. The van der Waals surface area contributed by atoms with Gasteiger partial charge in [0.2, 0.25) is 10.8 Å². The molecule has 4 rings (SSSR count). The van der Waals surface area contributed by atoms with E-state index in [-0.39, 0.29) is 11.9 Å². The lowest BCUT2D eigenvalue weighted by Gasteiger charge is -2.36. The highest BCUT2D eigenvalue weighted by molar-refractivity contribution is 7.17. The standard InChI is InChI=1S/C19H24N4O3S/c1-12-6-8-22(9-7-12)16(13-4-5-14(25-2)15(10-13)26-3)17-18(24)23-19(27-17)20-11-21-23/h4-5,10-12,16,24H,6-9H2,1-3H3/t16-/m1/s1. The predicted molar refractivity (Wildman–Crippen MR) is 104 cm³/mol. The van der Waals surface area contributed by atoms with Crippen molar-refractivity contribution in [2.45, 2.75) is 25.8 Å². The zero-order chi connectivity index (χ0) is 19.0. The van der Waals surface area contributed by atoms with Gasteiger partial charge in [0.15, 0.2) is 11.5 Å². The summed E-state index contributed by atoms with van der Waals surface area (Å²) in [7, 11) is 3.27. The van der Waals surface area contributed by atoms with Gasteiger partial charge < -0.3 is 14.6 Å². The molecule has 0 aliphatic carbocycles. The van der Waals surface area contributed by atoms with Crippen molar-refractivity contribution in [2.75, 3.05) is 27.3 Å². The molecule has 3 heterocycles. The first-order chi connectivity index (χ1) is 13.1. The number of methoxy groups -OCH3 is 2. The SMILES string of the molecule is COc1ccc([C@H](c2sc3ncnn3c2O)N2CCC(C)CC2)cc1OC. The van der Waals surface area contributed by atoms with Crippen molar-refractivity contribution in [3.63, 3.8) is 0 Å². The Labute approximate surface area is 162 Å². The number of rotatable bonds is 5. The average Bonchev–Trinajstić information content (AvgIpc) is 3.27. The molecule has 1 fully saturated rings. The smallest absolute Gasteiger partial charge is 0.230 e. The molecule has 0 radical (unpaired) electrons. The van der Waals surface area contributed by atoms with Crippen molar-refractivity contribution < 1.29 is 14.6 Å². The van der Waals surface area contributed by atoms with Crippen LogP contribution in [0, 0.1) is 5.92 Å². The molecule has 0 spiro atoms. The van der Waals surface area contributed by atoms with Gasteiger partial charge in [0, 0.05) is 0 Å². The van der Waals surface area contributed by atoms with Gasteiger partial charge in [0.05, 0.1) is 25.1 Å². The maximum Gasteiger partial charge on any atom is 0.230 e. The molecule has 3 aromatic rings. The van der Waals surface area contributed by atoms with Crippen LogP contribution in [0.3, 0.4) is 0 Å². The van der Waals surface area contributed by atoms with Crippen LogP contribution in [0.25, 0.3) is 4.96 Å². The number of fused-ring (bicyclic) bond motifs is 1. The number of aromatic nitrogens is 3. The summed E-state index contributed by atoms with van der Waals surface area (Å²) in [6.07, 6.45) is 3.75. The molecule has 1 aromatic carbocycles. The molecule has 0 unspecified atom stereocenters. The molecule has 1 atom stereocenters. The van der Waals surface area contributed by atoms with Gasteiger partial charge in [-0.2, -0.15) is 9.61 Å². The summed E-state index contributed by atoms with van der Waals surface area (Å²) in [5.74, 6) is 2.26. The monoisotopic (exact) mass is 388 g/mol. The molecular formula is C19H24N4O3S. The third kappa shape index (κ3) is 3.23. The van der Waals surface area contributed by atoms with Crippen molar-refractivity contribution in [1.29, 1.82) is 0 Å². The number of hydrogen-bond acceptors (Lipinski definition) is 7. The number of piperidine rings is 1. The third-order valence-electron chi connectivity index (χ3n) is 5.29. The molecule has 0 bridgehead atoms. The highest BCUT2D eigenvalue weighted by Gasteiger charge is 2.31. The average molecular weight is 388 g/mol. The zero-order valence-corrected chi connectivity index (χ0v) is 16.6. The molecular weight excluding hydrogens is 364 g/mol. The highest BCUT2D eigenvalue weighted by atomic mass is 32.1. The molecule has 0 saturated carbocycles. The second-order valence-corrected chi connectivity index (χ2v) is 7.99. The van der Waals surface area contributed by atoms with E-state index in [1.807, 2.05) is 18.2 Å². The van der Waals surface area contributed by atoms with Crippen molar-refractivity contribution in [3.05, 3.63) is 35.0 Å². The van der Waals surface area contributed by atoms with Crippen LogP contribution in [-0.2, 0) is 0 Å². The molecule has 1 aliphatic rings. The lowest BCUT2D eigenvalue weighted by Crippen LogP contribution is -2.36. The Morgan fingerprint density at radius 2 is 1.93 bits per heavy atom. The van der Waals surface area contributed by atoms with Gasteiger partial charge in [0.1, 0.15) is 6.33 Å². The van der Waals surface area contributed by atoms with Gasteiger partial charge in [-0.15, -0.1) is 0 Å². The topological polar surface area (TPSA) is 72.1 Å². The van der Waals surface area contributed by atoms with Crippen LogP contribution < -0.4 is 9.47 Å². The van der Waals surface area contributed by atoms with Gasteiger partial charge in [0.25, 0.3) is 0 Å². The maximum absolute atomic E-state index is 10.8. The Morgan fingerprint density at radius 3 is 2.59 bits per heavy atom. The molecule has 1 aliphatic heterocycles. The van der Waals surface area contributed by atoms with Crippen LogP contribution in [0.1, 0.15) is 36.2 Å². The van der Waals surface area contributed by atoms with E-state index in [0.717, 1.165) is 42.3 Å². The molecule has 144 valence electrons. The summed E-state index contributed by atoms with van der Waals surface area (Å²) in [5.41, 5.74) is 1.06. The molecule has 1 N–H and O–H groups in total. The molecule has 0 amide bonds. The minimum atomic E-state index is -0.0780. The summed E-state index contributed by atoms with van der Waals surface area (Å²) >= 11 is 1.48. The Bertz CT molecular complexity index is 930. The normalized spacial score (nSPS) is 17.3. The fraction of sp³-hybridized carbons (Fsp3) is 0.474. The largest absolute Gasteiger partial charge is 0.493 e. The number of likely N-dealkylation sites (tertiary alicyclic amines) is 1. The lowest BCUT2D eigenvalue weighted by atomic mass is 9.95. The second kappa shape index (κ2) is 7.36. The minimum absolute atomic E-state index is 0.0780. The molecule has 1 saturated heterocycles. The van der Waals surface area contributed by atoms with Gasteiger partial charge in [-0.1, -0.05) is 24.3 Å². The number of thiazole rings is 1. The predicted octanol–water partition coefficient (Wildman–Crippen LogP) is 3.33. The molecule has 8 heteroatoms. The van der Waals surface area contributed by atoms with Crippen LogP contribution in [0.4, 0.5) is 0 Å². The van der Waals surface area contributed by atoms with Crippen molar-refractivity contribution in [3.8, 4) is 17.4 Å². The molecule has 27 heavy (non-hydrogen) atoms. The van der Waals surface area contributed by atoms with E-state index in [4.69, 9.17) is 9.47 Å². The van der Waals surface area contributed by atoms with Crippen LogP contribution in [0.2, 0.25) is 0 Å². The van der Waals surface area contributed by atoms with Crippen LogP contribution in [0.5, 0.6) is 17.4 Å². The van der Waals surface area contributed by atoms with Crippen molar-refractivity contribution in [1.82, 2.24) is 19.5 Å². The number of hydrogen-bond donors (Lipinski definition) is 1. The van der Waals surface area contributed by atoms with Gasteiger partial charge in [-0.25, -0.2) is 4.98 Å². The van der Waals surface area contributed by atoms with E-state index in [1.165, 1.54) is 22.2 Å². The zero-order valence-electron chi connectivity index (χ0n) is 15.8. The van der Waals surface area contributed by atoms with Gasteiger partial charge >= 0.3 is 0 Å². The summed E-state index contributed by atoms with van der Waals surface area (Å²) < 4.78 is 12.4. The number of nitrogens with zero attached hydrogens (tertiary/aromatic N) is 4. The first kappa shape index (κ1) is 18.1. The van der Waals surface area contributed by atoms with Crippen molar-refractivity contribution in [2.24, 2.45) is 5.92 Å².